The average molecular weight is 329 g/mol. The second kappa shape index (κ2) is 5.99. The van der Waals surface area contributed by atoms with E-state index >= 15 is 0 Å². The molecule has 0 heterocycles. The van der Waals surface area contributed by atoms with Gasteiger partial charge in [-0.3, -0.25) is 0 Å². The number of amides is 2. The van der Waals surface area contributed by atoms with Crippen molar-refractivity contribution in [3.63, 3.8) is 0 Å². The number of aromatic hydroxyl groups is 3. The molecule has 6 nitrogen and oxygen atoms in total. The van der Waals surface area contributed by atoms with E-state index in [-0.39, 0.29) is 5.69 Å². The van der Waals surface area contributed by atoms with Crippen molar-refractivity contribution in [1.82, 2.24) is 0 Å². The van der Waals surface area contributed by atoms with Crippen molar-refractivity contribution in [2.45, 2.75) is 0 Å². The lowest BCUT2D eigenvalue weighted by molar-refractivity contribution is 0.262. The number of phenolic OH excluding ortho intramolecular Hbond substituents is 3. The maximum Gasteiger partial charge on any atom is 0.323 e. The highest BCUT2D eigenvalue weighted by atomic mass is 35.5. The molecule has 21 heavy (non-hydrogen) atoms. The van der Waals surface area contributed by atoms with Crippen molar-refractivity contribution in [2.75, 3.05) is 10.6 Å². The molecule has 0 fully saturated rings. The van der Waals surface area contributed by atoms with Crippen molar-refractivity contribution in [1.29, 1.82) is 0 Å². The molecule has 0 bridgehead atoms. The molecular weight excluding hydrogens is 319 g/mol. The molecule has 0 aliphatic heterocycles. The van der Waals surface area contributed by atoms with E-state index in [0.717, 1.165) is 12.1 Å². The number of carbonyl (C=O) groups excluding carboxylic acids is 1. The van der Waals surface area contributed by atoms with Gasteiger partial charge in [0.15, 0.2) is 17.2 Å². The summed E-state index contributed by atoms with van der Waals surface area (Å²) in [6.07, 6.45) is 0. The highest BCUT2D eigenvalue weighted by Crippen LogP contribution is 2.37. The van der Waals surface area contributed by atoms with Crippen LogP contribution in [0.3, 0.4) is 0 Å². The SMILES string of the molecule is O=C(Nc1cc(Cl)cc(Cl)c1)Nc1cc(O)c(O)c(O)c1. The topological polar surface area (TPSA) is 102 Å². The van der Waals surface area contributed by atoms with E-state index in [4.69, 9.17) is 23.2 Å². The van der Waals surface area contributed by atoms with E-state index < -0.39 is 23.3 Å². The maximum atomic E-state index is 11.8. The van der Waals surface area contributed by atoms with Crippen LogP contribution in [-0.4, -0.2) is 21.4 Å². The molecule has 0 unspecified atom stereocenters. The molecule has 2 aromatic carbocycles. The predicted octanol–water partition coefficient (Wildman–Crippen LogP) is 3.75. The maximum absolute atomic E-state index is 11.8. The summed E-state index contributed by atoms with van der Waals surface area (Å²) >= 11 is 11.6. The minimum Gasteiger partial charge on any atom is -0.504 e. The van der Waals surface area contributed by atoms with Gasteiger partial charge in [0.25, 0.3) is 0 Å². The molecule has 0 saturated carbocycles. The molecule has 0 atom stereocenters. The van der Waals surface area contributed by atoms with E-state index in [1.54, 1.807) is 0 Å². The first kappa shape index (κ1) is 15.1. The number of phenols is 3. The van der Waals surface area contributed by atoms with Crippen LogP contribution in [0.15, 0.2) is 30.3 Å². The Labute approximate surface area is 129 Å². The summed E-state index contributed by atoms with van der Waals surface area (Å²) in [6, 6.07) is 6.04. The molecule has 2 rings (SSSR count). The zero-order valence-corrected chi connectivity index (χ0v) is 11.9. The number of rotatable bonds is 2. The lowest BCUT2D eigenvalue weighted by Crippen LogP contribution is -2.19. The first-order chi connectivity index (χ1) is 9.85. The highest BCUT2D eigenvalue weighted by Gasteiger charge is 2.10. The molecule has 5 N–H and O–H groups in total. The quantitative estimate of drug-likeness (QED) is 0.428. The number of hydrogen-bond acceptors (Lipinski definition) is 4. The van der Waals surface area contributed by atoms with Crippen LogP contribution in [0, 0.1) is 0 Å². The fourth-order valence-corrected chi connectivity index (χ4v) is 2.12. The van der Waals surface area contributed by atoms with Crippen LogP contribution in [0.5, 0.6) is 17.2 Å². The number of hydrogen-bond donors (Lipinski definition) is 5. The zero-order valence-electron chi connectivity index (χ0n) is 10.4. The lowest BCUT2D eigenvalue weighted by Gasteiger charge is -2.10. The molecule has 8 heteroatoms. The molecule has 2 amide bonds. The molecule has 0 radical (unpaired) electrons. The molecule has 0 spiro atoms. The molecule has 0 saturated heterocycles. The van der Waals surface area contributed by atoms with Crippen LogP contribution < -0.4 is 10.6 Å². The fourth-order valence-electron chi connectivity index (χ4n) is 1.60. The Balaban J connectivity index is 2.11. The number of anilines is 2. The Morgan fingerprint density at radius 1 is 0.810 bits per heavy atom. The minimum atomic E-state index is -0.664. The Hall–Kier alpha value is -2.31. The van der Waals surface area contributed by atoms with Crippen molar-refractivity contribution >= 4 is 40.6 Å². The van der Waals surface area contributed by atoms with Crippen LogP contribution in [0.1, 0.15) is 0 Å². The first-order valence-electron chi connectivity index (χ1n) is 5.64. The van der Waals surface area contributed by atoms with Gasteiger partial charge in [-0.15, -0.1) is 0 Å². The summed E-state index contributed by atoms with van der Waals surface area (Å²) in [5.74, 6) is -1.78. The van der Waals surface area contributed by atoms with E-state index in [1.165, 1.54) is 18.2 Å². The van der Waals surface area contributed by atoms with Crippen LogP contribution in [0.2, 0.25) is 10.0 Å². The standard InChI is InChI=1S/C13H10Cl2N2O4/c14-6-1-7(15)3-8(2-6)16-13(21)17-9-4-10(18)12(20)11(19)5-9/h1-5,18-20H,(H2,16,17,21). The van der Waals surface area contributed by atoms with Crippen LogP contribution >= 0.6 is 23.2 Å². The molecule has 0 aliphatic rings. The van der Waals surface area contributed by atoms with Crippen molar-refractivity contribution in [2.24, 2.45) is 0 Å². The Morgan fingerprint density at radius 3 is 1.71 bits per heavy atom. The Kier molecular flexibility index (Phi) is 4.30. The van der Waals surface area contributed by atoms with E-state index in [9.17, 15) is 20.1 Å². The van der Waals surface area contributed by atoms with Crippen LogP contribution in [-0.2, 0) is 0 Å². The minimum absolute atomic E-state index is 0.0911. The molecule has 0 aromatic heterocycles. The van der Waals surface area contributed by atoms with Gasteiger partial charge in [-0.05, 0) is 18.2 Å². The van der Waals surface area contributed by atoms with Gasteiger partial charge in [-0.2, -0.15) is 0 Å². The van der Waals surface area contributed by atoms with Gasteiger partial charge in [0, 0.05) is 27.9 Å². The summed E-state index contributed by atoms with van der Waals surface area (Å²) in [5.41, 5.74) is 0.464. The second-order valence-corrected chi connectivity index (χ2v) is 4.97. The van der Waals surface area contributed by atoms with Crippen molar-refractivity contribution in [3.05, 3.63) is 40.4 Å². The van der Waals surface area contributed by atoms with Crippen LogP contribution in [0.4, 0.5) is 16.2 Å². The third-order valence-corrected chi connectivity index (χ3v) is 2.88. The number of urea groups is 1. The van der Waals surface area contributed by atoms with E-state index in [1.807, 2.05) is 0 Å². The highest BCUT2D eigenvalue weighted by molar-refractivity contribution is 6.35. The first-order valence-corrected chi connectivity index (χ1v) is 6.40. The van der Waals surface area contributed by atoms with Gasteiger partial charge in [-0.1, -0.05) is 23.2 Å². The summed E-state index contributed by atoms with van der Waals surface area (Å²) < 4.78 is 0. The van der Waals surface area contributed by atoms with Gasteiger partial charge in [0.05, 0.1) is 5.69 Å². The van der Waals surface area contributed by atoms with Gasteiger partial charge in [0.1, 0.15) is 0 Å². The lowest BCUT2D eigenvalue weighted by atomic mass is 10.2. The van der Waals surface area contributed by atoms with E-state index in [2.05, 4.69) is 10.6 Å². The normalized spacial score (nSPS) is 10.2. The third-order valence-electron chi connectivity index (χ3n) is 2.45. The monoisotopic (exact) mass is 328 g/mol. The van der Waals surface area contributed by atoms with Gasteiger partial charge in [-0.25, -0.2) is 4.79 Å². The Bertz CT molecular complexity index is 663. The summed E-state index contributed by atoms with van der Waals surface area (Å²) in [4.78, 5) is 11.8. The number of carbonyl (C=O) groups is 1. The third kappa shape index (κ3) is 3.84. The summed E-state index contributed by atoms with van der Waals surface area (Å²) in [5, 5.41) is 33.5. The van der Waals surface area contributed by atoms with Gasteiger partial charge in [0.2, 0.25) is 0 Å². The smallest absolute Gasteiger partial charge is 0.323 e. The Morgan fingerprint density at radius 2 is 1.24 bits per heavy atom. The predicted molar refractivity (Wildman–Crippen MR) is 80.5 cm³/mol. The molecule has 2 aromatic rings. The van der Waals surface area contributed by atoms with Gasteiger partial charge >= 0.3 is 6.03 Å². The van der Waals surface area contributed by atoms with Crippen molar-refractivity contribution in [3.8, 4) is 17.2 Å². The average Bonchev–Trinajstić information content (AvgIpc) is 2.34. The zero-order chi connectivity index (χ0) is 15.6. The van der Waals surface area contributed by atoms with Crippen molar-refractivity contribution < 1.29 is 20.1 Å². The molecule has 110 valence electrons. The number of benzene rings is 2. The number of nitrogens with one attached hydrogen (secondary N) is 2. The molecule has 0 aliphatic carbocycles. The van der Waals surface area contributed by atoms with Crippen LogP contribution in [0.25, 0.3) is 0 Å². The summed E-state index contributed by atoms with van der Waals surface area (Å²) in [6.45, 7) is 0. The largest absolute Gasteiger partial charge is 0.504 e. The fraction of sp³-hybridized carbons (Fsp3) is 0. The van der Waals surface area contributed by atoms with Gasteiger partial charge < -0.3 is 26.0 Å². The summed E-state index contributed by atoms with van der Waals surface area (Å²) in [7, 11) is 0. The second-order valence-electron chi connectivity index (χ2n) is 4.10. The molecular formula is C13H10Cl2N2O4. The van der Waals surface area contributed by atoms with E-state index in [0.29, 0.717) is 15.7 Å². The number of halogens is 2.